The Morgan fingerprint density at radius 1 is 1.28 bits per heavy atom. The zero-order valence-corrected chi connectivity index (χ0v) is 14.2. The first-order valence-electron chi connectivity index (χ1n) is 7.01. The average molecular weight is 390 g/mol. The predicted molar refractivity (Wildman–Crippen MR) is 84.1 cm³/mol. The molecule has 0 radical (unpaired) electrons. The number of amides is 3. The normalized spacial score (nSPS) is 23.2. The number of benzene rings is 1. The van der Waals surface area contributed by atoms with Gasteiger partial charge in [-0.05, 0) is 24.6 Å². The number of hydrogen-bond acceptors (Lipinski definition) is 6. The van der Waals surface area contributed by atoms with Crippen LogP contribution >= 0.6 is 0 Å². The third kappa shape index (κ3) is 3.06. The van der Waals surface area contributed by atoms with Gasteiger partial charge in [0.25, 0.3) is 5.91 Å². The number of carbonyl (C=O) groups is 2. The minimum Gasteiger partial charge on any atom is -0.310 e. The van der Waals surface area contributed by atoms with Gasteiger partial charge in [0.05, 0.1) is 10.9 Å². The number of hydrogen-bond donors (Lipinski definition) is 3. The van der Waals surface area contributed by atoms with Gasteiger partial charge >= 0.3 is 16.3 Å². The summed E-state index contributed by atoms with van der Waals surface area (Å²) >= 11 is 0. The Morgan fingerprint density at radius 2 is 1.96 bits per heavy atom. The highest BCUT2D eigenvalue weighted by Crippen LogP contribution is 2.35. The van der Waals surface area contributed by atoms with Gasteiger partial charge in [-0.15, -0.1) is 0 Å². The summed E-state index contributed by atoms with van der Waals surface area (Å²) in [6.45, 7) is 0.105. The molecule has 0 spiro atoms. The van der Waals surface area contributed by atoms with E-state index in [0.29, 0.717) is 4.31 Å². The maximum atomic E-state index is 12.3. The Hall–Kier alpha value is -2.22. The third-order valence-electron chi connectivity index (χ3n) is 4.06. The molecule has 2 fully saturated rings. The quantitative estimate of drug-likeness (QED) is 0.437. The molecule has 1 aromatic rings. The lowest BCUT2D eigenvalue weighted by Crippen LogP contribution is -2.68. The molecule has 25 heavy (non-hydrogen) atoms. The topological polar surface area (TPSA) is 167 Å². The second kappa shape index (κ2) is 5.66. The van der Waals surface area contributed by atoms with Crippen LogP contribution in [0, 0.1) is 0 Å². The van der Waals surface area contributed by atoms with Crippen molar-refractivity contribution in [3.05, 3.63) is 24.3 Å². The standard InChI is InChI=1S/C12H14N4O7S2/c13-24(19,20)8-3-1-2-7(6-8)14-12(18)15-5-4-9-10(15)11(17)16(9)25(21,22)23/h1-3,6,9-10H,4-5H2,(H,14,18)(H2,13,19,20)(H,21,22,23)/t9-,10+/m1/s1. The number of fused-ring (bicyclic) bond motifs is 1. The first-order valence-corrected chi connectivity index (χ1v) is 9.95. The maximum Gasteiger partial charge on any atom is 0.362 e. The number of nitrogens with zero attached hydrogens (tertiary/aromatic N) is 2. The van der Waals surface area contributed by atoms with Crippen LogP contribution in [0.25, 0.3) is 0 Å². The molecule has 3 rings (SSSR count). The second-order valence-electron chi connectivity index (χ2n) is 5.61. The van der Waals surface area contributed by atoms with E-state index >= 15 is 0 Å². The van der Waals surface area contributed by atoms with Crippen LogP contribution in [-0.4, -0.2) is 61.2 Å². The lowest BCUT2D eigenvalue weighted by Gasteiger charge is -2.42. The van der Waals surface area contributed by atoms with Crippen LogP contribution in [0.15, 0.2) is 29.2 Å². The molecule has 3 amide bonds. The van der Waals surface area contributed by atoms with Crippen LogP contribution in [0.3, 0.4) is 0 Å². The van der Waals surface area contributed by atoms with E-state index in [0.717, 1.165) is 11.0 Å². The number of urea groups is 1. The van der Waals surface area contributed by atoms with Gasteiger partial charge in [-0.1, -0.05) is 6.07 Å². The lowest BCUT2D eigenvalue weighted by atomic mass is 10.0. The van der Waals surface area contributed by atoms with Crippen molar-refractivity contribution in [2.45, 2.75) is 23.4 Å². The van der Waals surface area contributed by atoms with Gasteiger partial charge in [-0.25, -0.2) is 22.7 Å². The van der Waals surface area contributed by atoms with E-state index < -0.39 is 44.3 Å². The Labute approximate surface area is 143 Å². The molecule has 2 saturated heterocycles. The van der Waals surface area contributed by atoms with Crippen molar-refractivity contribution in [1.29, 1.82) is 0 Å². The SMILES string of the molecule is NS(=O)(=O)c1cccc(NC(=O)N2CC[C@@H]3[C@H]2C(=O)N3S(=O)(=O)O)c1. The van der Waals surface area contributed by atoms with E-state index in [1.807, 2.05) is 0 Å². The van der Waals surface area contributed by atoms with Crippen molar-refractivity contribution in [2.75, 3.05) is 11.9 Å². The number of sulfonamides is 1. The molecule has 2 atom stereocenters. The molecule has 136 valence electrons. The van der Waals surface area contributed by atoms with Crippen LogP contribution < -0.4 is 10.5 Å². The van der Waals surface area contributed by atoms with Gasteiger partial charge in [-0.3, -0.25) is 9.35 Å². The number of nitrogens with one attached hydrogen (secondary N) is 1. The lowest BCUT2D eigenvalue weighted by molar-refractivity contribution is -0.143. The maximum absolute atomic E-state index is 12.3. The molecule has 2 aliphatic heterocycles. The zero-order chi connectivity index (χ0) is 18.6. The van der Waals surface area contributed by atoms with Gasteiger partial charge < -0.3 is 10.2 Å². The largest absolute Gasteiger partial charge is 0.362 e. The van der Waals surface area contributed by atoms with E-state index in [1.165, 1.54) is 18.2 Å². The van der Waals surface area contributed by atoms with E-state index in [9.17, 15) is 26.4 Å². The summed E-state index contributed by atoms with van der Waals surface area (Å²) in [7, 11) is -8.60. The van der Waals surface area contributed by atoms with Crippen LogP contribution in [0.1, 0.15) is 6.42 Å². The molecule has 0 saturated carbocycles. The van der Waals surface area contributed by atoms with Crippen molar-refractivity contribution < 1.29 is 31.0 Å². The van der Waals surface area contributed by atoms with Crippen LogP contribution in [0.4, 0.5) is 10.5 Å². The molecule has 2 aliphatic rings. The highest BCUT2D eigenvalue weighted by atomic mass is 32.2. The summed E-state index contributed by atoms with van der Waals surface area (Å²) in [4.78, 5) is 25.2. The molecule has 13 heteroatoms. The number of nitrogens with two attached hydrogens (primary N) is 1. The van der Waals surface area contributed by atoms with Crippen molar-refractivity contribution in [2.24, 2.45) is 5.14 Å². The van der Waals surface area contributed by atoms with Gasteiger partial charge in [0.15, 0.2) is 0 Å². The van der Waals surface area contributed by atoms with E-state index in [4.69, 9.17) is 9.69 Å². The number of β-lactam (4-membered cyclic amide) rings is 1. The summed E-state index contributed by atoms with van der Waals surface area (Å²) in [6, 6.07) is 2.77. The molecule has 0 unspecified atom stereocenters. The van der Waals surface area contributed by atoms with Crippen molar-refractivity contribution in [3.8, 4) is 0 Å². The first kappa shape index (κ1) is 17.6. The minimum atomic E-state index is -4.65. The molecule has 4 N–H and O–H groups in total. The number of rotatable bonds is 3. The van der Waals surface area contributed by atoms with Gasteiger partial charge in [0, 0.05) is 12.2 Å². The van der Waals surface area contributed by atoms with Crippen molar-refractivity contribution >= 4 is 38.0 Å². The van der Waals surface area contributed by atoms with Crippen molar-refractivity contribution in [1.82, 2.24) is 9.21 Å². The molecular formula is C12H14N4O7S2. The molecule has 1 aromatic carbocycles. The fourth-order valence-electron chi connectivity index (χ4n) is 2.99. The summed E-state index contributed by atoms with van der Waals surface area (Å²) in [5.74, 6) is -0.890. The third-order valence-corrected chi connectivity index (χ3v) is 5.92. The number of likely N-dealkylation sites (tertiary alicyclic amines) is 1. The Balaban J connectivity index is 1.75. The van der Waals surface area contributed by atoms with E-state index in [-0.39, 0.29) is 23.5 Å². The first-order chi connectivity index (χ1) is 11.5. The Bertz CT molecular complexity index is 959. The zero-order valence-electron chi connectivity index (χ0n) is 12.6. The highest BCUT2D eigenvalue weighted by molar-refractivity contribution is 7.89. The molecular weight excluding hydrogens is 376 g/mol. The summed E-state index contributed by atoms with van der Waals surface area (Å²) in [5, 5.41) is 7.46. The van der Waals surface area contributed by atoms with E-state index in [2.05, 4.69) is 5.32 Å². The Morgan fingerprint density at radius 3 is 2.56 bits per heavy atom. The minimum absolute atomic E-state index is 0.105. The predicted octanol–water partition coefficient (Wildman–Crippen LogP) is -1.05. The van der Waals surface area contributed by atoms with Gasteiger partial charge in [0.1, 0.15) is 6.04 Å². The Kier molecular flexibility index (Phi) is 3.98. The second-order valence-corrected chi connectivity index (χ2v) is 8.46. The molecule has 2 heterocycles. The fraction of sp³-hybridized carbons (Fsp3) is 0.333. The molecule has 11 nitrogen and oxygen atoms in total. The smallest absolute Gasteiger partial charge is 0.310 e. The van der Waals surface area contributed by atoms with Crippen molar-refractivity contribution in [3.63, 3.8) is 0 Å². The van der Waals surface area contributed by atoms with Crippen LogP contribution in [0.5, 0.6) is 0 Å². The summed E-state index contributed by atoms with van der Waals surface area (Å²) in [6.07, 6.45) is 0.195. The van der Waals surface area contributed by atoms with Crippen LogP contribution in [-0.2, 0) is 25.1 Å². The molecule has 0 aromatic heterocycles. The number of primary sulfonamides is 1. The average Bonchev–Trinajstić information content (AvgIpc) is 2.84. The highest BCUT2D eigenvalue weighted by Gasteiger charge is 2.60. The summed E-state index contributed by atoms with van der Waals surface area (Å²) < 4.78 is 54.3. The number of carbonyl (C=O) groups excluding carboxylic acids is 2. The van der Waals surface area contributed by atoms with E-state index in [1.54, 1.807) is 0 Å². The molecule has 0 bridgehead atoms. The fourth-order valence-corrected chi connectivity index (χ4v) is 4.45. The monoisotopic (exact) mass is 390 g/mol. The molecule has 0 aliphatic carbocycles. The van der Waals surface area contributed by atoms with Gasteiger partial charge in [-0.2, -0.15) is 8.42 Å². The van der Waals surface area contributed by atoms with Crippen LogP contribution in [0.2, 0.25) is 0 Å². The number of anilines is 1. The summed E-state index contributed by atoms with van der Waals surface area (Å²) in [5.41, 5.74) is 0.151. The van der Waals surface area contributed by atoms with Gasteiger partial charge in [0.2, 0.25) is 10.0 Å².